The average molecular weight is 276 g/mol. The van der Waals surface area contributed by atoms with Crippen LogP contribution in [0.1, 0.15) is 53.0 Å². The molecule has 0 unspecified atom stereocenters. The lowest BCUT2D eigenvalue weighted by Crippen LogP contribution is -2.41. The number of anilines is 1. The lowest BCUT2D eigenvalue weighted by atomic mass is 9.78. The Morgan fingerprint density at radius 3 is 2.15 bits per heavy atom. The molecule has 1 aliphatic heterocycles. The van der Waals surface area contributed by atoms with Gasteiger partial charge in [0, 0.05) is 18.7 Å². The third-order valence-corrected chi connectivity index (χ3v) is 4.35. The van der Waals surface area contributed by atoms with Crippen LogP contribution >= 0.6 is 0 Å². The second-order valence-electron chi connectivity index (χ2n) is 6.70. The van der Waals surface area contributed by atoms with Crippen molar-refractivity contribution >= 4 is 18.4 Å². The van der Waals surface area contributed by atoms with E-state index in [4.69, 9.17) is 9.31 Å². The summed E-state index contributed by atoms with van der Waals surface area (Å²) < 4.78 is 12.3. The first-order valence-corrected chi connectivity index (χ1v) is 7.21. The molecule has 0 saturated carbocycles. The summed E-state index contributed by atoms with van der Waals surface area (Å²) in [6.07, 6.45) is 1.91. The van der Waals surface area contributed by atoms with E-state index in [1.54, 1.807) is 0 Å². The number of rotatable bonds is 3. The maximum absolute atomic E-state index is 6.13. The molecule has 0 amide bonds. The minimum Gasteiger partial charge on any atom is -0.399 e. The summed E-state index contributed by atoms with van der Waals surface area (Å²) in [5, 5.41) is 3.12. The first-order valence-electron chi connectivity index (χ1n) is 7.21. The van der Waals surface area contributed by atoms with Crippen molar-refractivity contribution in [1.82, 2.24) is 4.98 Å². The summed E-state index contributed by atoms with van der Waals surface area (Å²) in [5.74, 6) is 1.24. The van der Waals surface area contributed by atoms with Crippen LogP contribution in [-0.4, -0.2) is 30.4 Å². The summed E-state index contributed by atoms with van der Waals surface area (Å²) in [5.41, 5.74) is 1.48. The van der Waals surface area contributed by atoms with Crippen molar-refractivity contribution in [3.8, 4) is 0 Å². The third-order valence-electron chi connectivity index (χ3n) is 4.35. The Morgan fingerprint density at radius 1 is 1.15 bits per heavy atom. The summed E-state index contributed by atoms with van der Waals surface area (Å²) >= 11 is 0. The minimum atomic E-state index is -0.381. The standard InChI is InChI=1S/C15H25BN2O2/c1-10(2)11-8-12(13(17-7)18-9-11)16-19-14(3,4)15(5,6)20-16/h8-10H,1-7H3,(H,17,18). The zero-order chi connectivity index (χ0) is 15.1. The van der Waals surface area contributed by atoms with Gasteiger partial charge in [-0.25, -0.2) is 4.98 Å². The van der Waals surface area contributed by atoms with E-state index in [-0.39, 0.29) is 18.3 Å². The van der Waals surface area contributed by atoms with E-state index in [2.05, 4.69) is 57.9 Å². The molecule has 1 aromatic heterocycles. The molecule has 0 aromatic carbocycles. The van der Waals surface area contributed by atoms with Gasteiger partial charge in [0.1, 0.15) is 5.82 Å². The molecule has 1 fully saturated rings. The Balaban J connectivity index is 2.40. The highest BCUT2D eigenvalue weighted by molar-refractivity contribution is 6.63. The number of aromatic nitrogens is 1. The molecular formula is C15H25BN2O2. The van der Waals surface area contributed by atoms with Crippen molar-refractivity contribution < 1.29 is 9.31 Å². The van der Waals surface area contributed by atoms with Gasteiger partial charge in [-0.2, -0.15) is 0 Å². The van der Waals surface area contributed by atoms with Crippen LogP contribution in [0.25, 0.3) is 0 Å². The molecule has 0 spiro atoms. The fourth-order valence-electron chi connectivity index (χ4n) is 2.17. The SMILES string of the molecule is CNc1ncc(C(C)C)cc1B1OC(C)(C)C(C)(C)O1. The van der Waals surface area contributed by atoms with Crippen LogP contribution in [0, 0.1) is 0 Å². The molecule has 5 heteroatoms. The monoisotopic (exact) mass is 276 g/mol. The zero-order valence-corrected chi connectivity index (χ0v) is 13.6. The quantitative estimate of drug-likeness (QED) is 0.862. The van der Waals surface area contributed by atoms with Gasteiger partial charge in [0.25, 0.3) is 0 Å². The van der Waals surface area contributed by atoms with Crippen LogP contribution in [0.4, 0.5) is 5.82 Å². The second-order valence-corrected chi connectivity index (χ2v) is 6.70. The highest BCUT2D eigenvalue weighted by atomic mass is 16.7. The molecule has 1 aromatic rings. The van der Waals surface area contributed by atoms with E-state index >= 15 is 0 Å². The van der Waals surface area contributed by atoms with Crippen LogP contribution in [-0.2, 0) is 9.31 Å². The lowest BCUT2D eigenvalue weighted by Gasteiger charge is -2.32. The molecule has 1 N–H and O–H groups in total. The predicted octanol–water partition coefficient (Wildman–Crippen LogP) is 2.55. The van der Waals surface area contributed by atoms with Gasteiger partial charge in [-0.1, -0.05) is 19.9 Å². The Hall–Kier alpha value is -1.07. The molecule has 4 nitrogen and oxygen atoms in total. The number of hydrogen-bond acceptors (Lipinski definition) is 4. The fourth-order valence-corrected chi connectivity index (χ4v) is 2.17. The topological polar surface area (TPSA) is 43.4 Å². The van der Waals surface area contributed by atoms with Crippen molar-refractivity contribution in [2.75, 3.05) is 12.4 Å². The fraction of sp³-hybridized carbons (Fsp3) is 0.667. The molecule has 110 valence electrons. The van der Waals surface area contributed by atoms with E-state index in [0.717, 1.165) is 11.3 Å². The maximum Gasteiger partial charge on any atom is 0.498 e. The molecule has 2 heterocycles. The summed E-state index contributed by atoms with van der Waals surface area (Å²) in [6.45, 7) is 12.6. The number of pyridine rings is 1. The van der Waals surface area contributed by atoms with Crippen LogP contribution in [0.2, 0.25) is 0 Å². The van der Waals surface area contributed by atoms with Crippen molar-refractivity contribution in [2.45, 2.75) is 58.7 Å². The normalized spacial score (nSPS) is 20.5. The van der Waals surface area contributed by atoms with Crippen LogP contribution < -0.4 is 10.8 Å². The van der Waals surface area contributed by atoms with E-state index < -0.39 is 0 Å². The van der Waals surface area contributed by atoms with Crippen molar-refractivity contribution in [3.05, 3.63) is 17.8 Å². The second kappa shape index (κ2) is 5.04. The van der Waals surface area contributed by atoms with Gasteiger partial charge >= 0.3 is 7.12 Å². The summed E-state index contributed by atoms with van der Waals surface area (Å²) in [4.78, 5) is 4.49. The number of hydrogen-bond donors (Lipinski definition) is 1. The molecule has 0 radical (unpaired) electrons. The van der Waals surface area contributed by atoms with E-state index in [1.165, 1.54) is 5.56 Å². The molecule has 2 rings (SSSR count). The third kappa shape index (κ3) is 2.57. The van der Waals surface area contributed by atoms with Gasteiger partial charge in [-0.3, -0.25) is 0 Å². The van der Waals surface area contributed by atoms with Crippen molar-refractivity contribution in [2.24, 2.45) is 0 Å². The van der Waals surface area contributed by atoms with Crippen LogP contribution in [0.3, 0.4) is 0 Å². The molecule has 20 heavy (non-hydrogen) atoms. The lowest BCUT2D eigenvalue weighted by molar-refractivity contribution is 0.00578. The predicted molar refractivity (Wildman–Crippen MR) is 83.6 cm³/mol. The summed E-state index contributed by atoms with van der Waals surface area (Å²) in [6, 6.07) is 2.13. The van der Waals surface area contributed by atoms with Gasteiger partial charge in [0.05, 0.1) is 11.2 Å². The maximum atomic E-state index is 6.13. The minimum absolute atomic E-state index is 0.337. The Bertz CT molecular complexity index is 485. The molecule has 1 saturated heterocycles. The molecule has 0 bridgehead atoms. The largest absolute Gasteiger partial charge is 0.498 e. The Morgan fingerprint density at radius 2 is 1.70 bits per heavy atom. The molecule has 1 aliphatic rings. The number of nitrogens with zero attached hydrogens (tertiary/aromatic N) is 1. The first kappa shape index (κ1) is 15.3. The van der Waals surface area contributed by atoms with Crippen LogP contribution in [0.5, 0.6) is 0 Å². The summed E-state index contributed by atoms with van der Waals surface area (Å²) in [7, 11) is 1.49. The van der Waals surface area contributed by atoms with Crippen LogP contribution in [0.15, 0.2) is 12.3 Å². The highest BCUT2D eigenvalue weighted by Crippen LogP contribution is 2.37. The Kier molecular flexibility index (Phi) is 3.86. The Labute approximate surface area is 122 Å². The number of nitrogens with one attached hydrogen (secondary N) is 1. The molecule has 0 aliphatic carbocycles. The van der Waals surface area contributed by atoms with Gasteiger partial charge in [-0.15, -0.1) is 0 Å². The molecular weight excluding hydrogens is 251 g/mol. The average Bonchev–Trinajstić information content (AvgIpc) is 2.57. The highest BCUT2D eigenvalue weighted by Gasteiger charge is 2.52. The van der Waals surface area contributed by atoms with Gasteiger partial charge in [0.15, 0.2) is 0 Å². The van der Waals surface area contributed by atoms with E-state index in [0.29, 0.717) is 5.92 Å². The van der Waals surface area contributed by atoms with E-state index in [1.807, 2.05) is 13.2 Å². The van der Waals surface area contributed by atoms with Gasteiger partial charge < -0.3 is 14.6 Å². The van der Waals surface area contributed by atoms with Crippen molar-refractivity contribution in [1.29, 1.82) is 0 Å². The zero-order valence-electron chi connectivity index (χ0n) is 13.6. The first-order chi connectivity index (χ1) is 9.18. The van der Waals surface area contributed by atoms with Crippen molar-refractivity contribution in [3.63, 3.8) is 0 Å². The van der Waals surface area contributed by atoms with E-state index in [9.17, 15) is 0 Å². The van der Waals surface area contributed by atoms with Gasteiger partial charge in [-0.05, 0) is 39.2 Å². The smallest absolute Gasteiger partial charge is 0.399 e. The molecule has 0 atom stereocenters. The van der Waals surface area contributed by atoms with Gasteiger partial charge in [0.2, 0.25) is 0 Å².